The lowest BCUT2D eigenvalue weighted by Crippen LogP contribution is -2.53. The van der Waals surface area contributed by atoms with Crippen molar-refractivity contribution in [2.45, 2.75) is 84.8 Å². The second-order valence-corrected chi connectivity index (χ2v) is 11.1. The Morgan fingerprint density at radius 2 is 1.59 bits per heavy atom. The molecule has 3 aromatic carbocycles. The molecule has 0 bridgehead atoms. The maximum Gasteiger partial charge on any atom is 0.261 e. The zero-order valence-corrected chi connectivity index (χ0v) is 23.8. The number of benzene rings is 3. The van der Waals surface area contributed by atoms with E-state index in [1.165, 1.54) is 6.42 Å². The van der Waals surface area contributed by atoms with Gasteiger partial charge in [0.15, 0.2) is 6.61 Å². The number of aryl methyl sites for hydroxylation is 3. The Morgan fingerprint density at radius 3 is 2.31 bits per heavy atom. The Kier molecular flexibility index (Phi) is 9.80. The predicted molar refractivity (Wildman–Crippen MR) is 157 cm³/mol. The highest BCUT2D eigenvalue weighted by Gasteiger charge is 2.32. The molecule has 5 heteroatoms. The van der Waals surface area contributed by atoms with Crippen LogP contribution in [0.3, 0.4) is 0 Å². The Morgan fingerprint density at radius 1 is 0.872 bits per heavy atom. The maximum absolute atomic E-state index is 13.9. The van der Waals surface area contributed by atoms with Crippen molar-refractivity contribution in [3.8, 4) is 5.75 Å². The molecule has 1 unspecified atom stereocenters. The van der Waals surface area contributed by atoms with Gasteiger partial charge in [-0.2, -0.15) is 0 Å². The lowest BCUT2D eigenvalue weighted by Gasteiger charge is -2.33. The molecule has 0 spiro atoms. The summed E-state index contributed by atoms with van der Waals surface area (Å²) in [7, 11) is 0. The normalized spacial score (nSPS) is 14.5. The highest BCUT2D eigenvalue weighted by Crippen LogP contribution is 2.24. The van der Waals surface area contributed by atoms with Crippen molar-refractivity contribution in [2.24, 2.45) is 0 Å². The fraction of sp³-hybridized carbons (Fsp3) is 0.412. The maximum atomic E-state index is 13.9. The molecule has 0 aromatic heterocycles. The second kappa shape index (κ2) is 13.5. The van der Waals surface area contributed by atoms with Crippen molar-refractivity contribution in [2.75, 3.05) is 6.61 Å². The van der Waals surface area contributed by atoms with Gasteiger partial charge in [-0.15, -0.1) is 0 Å². The molecule has 1 N–H and O–H groups in total. The molecular formula is C34H42N2O3. The van der Waals surface area contributed by atoms with Crippen molar-refractivity contribution in [3.05, 3.63) is 100 Å². The molecule has 1 aliphatic carbocycles. The van der Waals surface area contributed by atoms with Crippen LogP contribution in [-0.2, 0) is 22.6 Å². The fourth-order valence-electron chi connectivity index (χ4n) is 5.48. The summed E-state index contributed by atoms with van der Waals surface area (Å²) in [6, 6.07) is 21.7. The predicted octanol–water partition coefficient (Wildman–Crippen LogP) is 6.39. The van der Waals surface area contributed by atoms with Gasteiger partial charge in [-0.05, 0) is 74.4 Å². The highest BCUT2D eigenvalue weighted by molar-refractivity contribution is 5.88. The van der Waals surface area contributed by atoms with Crippen LogP contribution in [0.2, 0.25) is 0 Å². The Bertz CT molecular complexity index is 1260. The molecule has 2 amide bonds. The SMILES string of the molecule is Cc1cccc(CN(C(=O)COc2cc(C)cc(C)c2C)C(Cc2ccccc2)C(=O)NC2CCCCC2)c1. The summed E-state index contributed by atoms with van der Waals surface area (Å²) in [6.07, 6.45) is 5.90. The number of nitrogens with one attached hydrogen (secondary N) is 1. The van der Waals surface area contributed by atoms with Crippen LogP contribution in [0.25, 0.3) is 0 Å². The van der Waals surface area contributed by atoms with E-state index in [1.807, 2.05) is 82.3 Å². The molecule has 4 rings (SSSR count). The van der Waals surface area contributed by atoms with Gasteiger partial charge in [0.1, 0.15) is 11.8 Å². The summed E-state index contributed by atoms with van der Waals surface area (Å²) in [5.74, 6) is 0.423. The summed E-state index contributed by atoms with van der Waals surface area (Å²) in [5, 5.41) is 3.30. The number of hydrogen-bond donors (Lipinski definition) is 1. The second-order valence-electron chi connectivity index (χ2n) is 11.1. The van der Waals surface area contributed by atoms with Gasteiger partial charge in [0.25, 0.3) is 5.91 Å². The van der Waals surface area contributed by atoms with Crippen LogP contribution in [-0.4, -0.2) is 35.4 Å². The molecule has 1 fully saturated rings. The Labute approximate surface area is 233 Å². The van der Waals surface area contributed by atoms with Crippen LogP contribution in [0.4, 0.5) is 0 Å². The first kappa shape index (κ1) is 28.4. The van der Waals surface area contributed by atoms with E-state index in [-0.39, 0.29) is 24.5 Å². The van der Waals surface area contributed by atoms with Crippen molar-refractivity contribution >= 4 is 11.8 Å². The summed E-state index contributed by atoms with van der Waals surface area (Å²) >= 11 is 0. The van der Waals surface area contributed by atoms with Crippen LogP contribution >= 0.6 is 0 Å². The van der Waals surface area contributed by atoms with Gasteiger partial charge in [-0.1, -0.05) is 85.5 Å². The molecule has 0 radical (unpaired) electrons. The van der Waals surface area contributed by atoms with Crippen LogP contribution in [0.5, 0.6) is 5.75 Å². The largest absolute Gasteiger partial charge is 0.483 e. The summed E-state index contributed by atoms with van der Waals surface area (Å²) in [4.78, 5) is 29.5. The molecule has 5 nitrogen and oxygen atoms in total. The van der Waals surface area contributed by atoms with E-state index in [0.29, 0.717) is 18.7 Å². The zero-order valence-electron chi connectivity index (χ0n) is 23.8. The molecule has 39 heavy (non-hydrogen) atoms. The molecule has 0 saturated heterocycles. The first-order valence-corrected chi connectivity index (χ1v) is 14.2. The zero-order chi connectivity index (χ0) is 27.8. The van der Waals surface area contributed by atoms with Gasteiger partial charge in [-0.3, -0.25) is 9.59 Å². The molecule has 1 saturated carbocycles. The minimum atomic E-state index is -0.647. The van der Waals surface area contributed by atoms with E-state index in [4.69, 9.17) is 4.74 Å². The van der Waals surface area contributed by atoms with E-state index >= 15 is 0 Å². The number of nitrogens with zero attached hydrogens (tertiary/aromatic N) is 1. The van der Waals surface area contributed by atoms with Gasteiger partial charge >= 0.3 is 0 Å². The third kappa shape index (κ3) is 7.95. The van der Waals surface area contributed by atoms with E-state index in [9.17, 15) is 9.59 Å². The number of rotatable bonds is 10. The third-order valence-corrected chi connectivity index (χ3v) is 7.77. The van der Waals surface area contributed by atoms with E-state index in [1.54, 1.807) is 4.90 Å². The summed E-state index contributed by atoms with van der Waals surface area (Å²) in [6.45, 7) is 8.33. The van der Waals surface area contributed by atoms with Crippen LogP contribution in [0, 0.1) is 27.7 Å². The first-order valence-electron chi connectivity index (χ1n) is 14.2. The Balaban J connectivity index is 1.63. The monoisotopic (exact) mass is 526 g/mol. The van der Waals surface area contributed by atoms with Gasteiger partial charge in [0.2, 0.25) is 5.91 Å². The van der Waals surface area contributed by atoms with Crippen molar-refractivity contribution in [1.29, 1.82) is 0 Å². The van der Waals surface area contributed by atoms with Gasteiger partial charge in [-0.25, -0.2) is 0 Å². The number of carbonyl (C=O) groups is 2. The number of hydrogen-bond acceptors (Lipinski definition) is 3. The van der Waals surface area contributed by atoms with Crippen molar-refractivity contribution in [1.82, 2.24) is 10.2 Å². The third-order valence-electron chi connectivity index (χ3n) is 7.77. The fourth-order valence-corrected chi connectivity index (χ4v) is 5.48. The molecule has 0 heterocycles. The molecule has 1 atom stereocenters. The number of amides is 2. The molecule has 1 aliphatic rings. The van der Waals surface area contributed by atoms with E-state index in [0.717, 1.165) is 59.1 Å². The van der Waals surface area contributed by atoms with Crippen LogP contribution in [0.1, 0.15) is 65.5 Å². The van der Waals surface area contributed by atoms with Gasteiger partial charge < -0.3 is 15.0 Å². The smallest absolute Gasteiger partial charge is 0.261 e. The Hall–Kier alpha value is -3.60. The topological polar surface area (TPSA) is 58.6 Å². The molecular weight excluding hydrogens is 484 g/mol. The molecule has 206 valence electrons. The minimum Gasteiger partial charge on any atom is -0.483 e. The highest BCUT2D eigenvalue weighted by atomic mass is 16.5. The quantitative estimate of drug-likeness (QED) is 0.333. The number of ether oxygens (including phenoxy) is 1. The average molecular weight is 527 g/mol. The van der Waals surface area contributed by atoms with Gasteiger partial charge in [0, 0.05) is 19.0 Å². The van der Waals surface area contributed by atoms with Gasteiger partial charge in [0.05, 0.1) is 0 Å². The van der Waals surface area contributed by atoms with E-state index in [2.05, 4.69) is 17.4 Å². The summed E-state index contributed by atoms with van der Waals surface area (Å²) in [5.41, 5.74) is 6.38. The lowest BCUT2D eigenvalue weighted by atomic mass is 9.94. The van der Waals surface area contributed by atoms with Crippen LogP contribution in [0.15, 0.2) is 66.7 Å². The molecule has 3 aromatic rings. The summed E-state index contributed by atoms with van der Waals surface area (Å²) < 4.78 is 6.11. The lowest BCUT2D eigenvalue weighted by molar-refractivity contribution is -0.143. The van der Waals surface area contributed by atoms with Crippen molar-refractivity contribution in [3.63, 3.8) is 0 Å². The first-order chi connectivity index (χ1) is 18.8. The molecule has 0 aliphatic heterocycles. The average Bonchev–Trinajstić information content (AvgIpc) is 2.92. The minimum absolute atomic E-state index is 0.0886. The van der Waals surface area contributed by atoms with E-state index < -0.39 is 6.04 Å². The van der Waals surface area contributed by atoms with Crippen LogP contribution < -0.4 is 10.1 Å². The number of carbonyl (C=O) groups excluding carboxylic acids is 2. The van der Waals surface area contributed by atoms with Crippen molar-refractivity contribution < 1.29 is 14.3 Å². The standard InChI is InChI=1S/C34H42N2O3/c1-24-12-11-15-29(19-24)22-36(33(37)23-39-32-20-25(2)18-26(3)27(32)4)31(21-28-13-7-5-8-14-28)34(38)35-30-16-9-6-10-17-30/h5,7-8,11-15,18-20,30-31H,6,9-10,16-17,21-23H2,1-4H3,(H,35,38).